The summed E-state index contributed by atoms with van der Waals surface area (Å²) in [5, 5.41) is -0.776. The number of carbonyl (C=O) groups is 3. The zero-order valence-electron chi connectivity index (χ0n) is 14.9. The summed E-state index contributed by atoms with van der Waals surface area (Å²) >= 11 is 5.60. The lowest BCUT2D eigenvalue weighted by Crippen LogP contribution is -2.38. The Morgan fingerprint density at radius 1 is 1.04 bits per heavy atom. The molecular weight excluding hydrogens is 384 g/mol. The van der Waals surface area contributed by atoms with Gasteiger partial charge in [-0.1, -0.05) is 48.5 Å². The number of rotatable bonds is 6. The van der Waals surface area contributed by atoms with E-state index in [0.29, 0.717) is 5.56 Å². The van der Waals surface area contributed by atoms with E-state index < -0.39 is 29.4 Å². The molecule has 1 N–H and O–H groups in total. The third kappa shape index (κ3) is 5.09. The van der Waals surface area contributed by atoms with Gasteiger partial charge in [-0.2, -0.15) is 0 Å². The first-order valence-electron chi connectivity index (χ1n) is 8.72. The molecular formula is C20H19ClN2O5. The molecule has 0 radical (unpaired) electrons. The minimum absolute atomic E-state index is 0.0719. The van der Waals surface area contributed by atoms with Gasteiger partial charge in [-0.05, 0) is 29.3 Å². The van der Waals surface area contributed by atoms with Crippen LogP contribution in [0.4, 0.5) is 4.79 Å². The van der Waals surface area contributed by atoms with Gasteiger partial charge in [0.1, 0.15) is 18.8 Å². The molecule has 2 aromatic rings. The molecule has 0 saturated carbocycles. The van der Waals surface area contributed by atoms with Gasteiger partial charge in [0, 0.05) is 12.0 Å². The first-order valence-corrected chi connectivity index (χ1v) is 9.10. The summed E-state index contributed by atoms with van der Waals surface area (Å²) in [4.78, 5) is 42.7. The smallest absolute Gasteiger partial charge is 0.329 e. The van der Waals surface area contributed by atoms with Crippen molar-refractivity contribution in [2.45, 2.75) is 25.2 Å². The van der Waals surface area contributed by atoms with E-state index in [9.17, 15) is 14.4 Å². The molecule has 2 unspecified atom stereocenters. The molecule has 2 amide bonds. The first-order chi connectivity index (χ1) is 13.5. The number of hydrogen-bond acceptors (Lipinski definition) is 5. The minimum Gasteiger partial charge on any atom is -0.459 e. The average Bonchev–Trinajstić information content (AvgIpc) is 3.16. The highest BCUT2D eigenvalue weighted by atomic mass is 35.5. The van der Waals surface area contributed by atoms with Crippen LogP contribution < -0.4 is 5.48 Å². The highest BCUT2D eigenvalue weighted by Gasteiger charge is 2.41. The van der Waals surface area contributed by atoms with Gasteiger partial charge in [0.05, 0.1) is 6.54 Å². The summed E-state index contributed by atoms with van der Waals surface area (Å²) in [6, 6.07) is 16.9. The van der Waals surface area contributed by atoms with Crippen LogP contribution in [0.3, 0.4) is 0 Å². The van der Waals surface area contributed by atoms with Crippen LogP contribution in [0.5, 0.6) is 0 Å². The topological polar surface area (TPSA) is 84.9 Å². The number of hydrogen-bond donors (Lipinski definition) is 1. The van der Waals surface area contributed by atoms with Gasteiger partial charge in [0.2, 0.25) is 0 Å². The Morgan fingerprint density at radius 3 is 2.32 bits per heavy atom. The van der Waals surface area contributed by atoms with Gasteiger partial charge >= 0.3 is 11.3 Å². The van der Waals surface area contributed by atoms with Crippen molar-refractivity contribution in [3.8, 4) is 0 Å². The molecule has 1 aliphatic rings. The number of halogens is 1. The number of benzene rings is 2. The van der Waals surface area contributed by atoms with Gasteiger partial charge in [0.25, 0.3) is 5.91 Å². The van der Waals surface area contributed by atoms with E-state index in [0.717, 1.165) is 5.56 Å². The number of hydroxylamine groups is 1. The molecule has 28 heavy (non-hydrogen) atoms. The molecule has 1 heterocycles. The van der Waals surface area contributed by atoms with Crippen LogP contribution in [0.25, 0.3) is 0 Å². The van der Waals surface area contributed by atoms with Crippen molar-refractivity contribution in [2.75, 3.05) is 6.54 Å². The molecule has 2 atom stereocenters. The molecule has 0 aliphatic carbocycles. The van der Waals surface area contributed by atoms with Gasteiger partial charge < -0.3 is 9.64 Å². The second-order valence-electron chi connectivity index (χ2n) is 6.29. The van der Waals surface area contributed by atoms with E-state index in [1.165, 1.54) is 4.90 Å². The molecule has 7 nitrogen and oxygen atoms in total. The van der Waals surface area contributed by atoms with Gasteiger partial charge in [-0.25, -0.2) is 10.3 Å². The summed E-state index contributed by atoms with van der Waals surface area (Å²) in [7, 11) is 0. The number of amides is 2. The fraction of sp³-hybridized carbons (Fsp3) is 0.250. The van der Waals surface area contributed by atoms with Crippen molar-refractivity contribution in [3.05, 3.63) is 71.8 Å². The molecule has 0 aromatic heterocycles. The Morgan fingerprint density at radius 2 is 1.68 bits per heavy atom. The fourth-order valence-electron chi connectivity index (χ4n) is 2.91. The lowest BCUT2D eigenvalue weighted by molar-refractivity contribution is -0.149. The maximum Gasteiger partial charge on any atom is 0.329 e. The highest BCUT2D eigenvalue weighted by Crippen LogP contribution is 2.23. The molecule has 3 rings (SSSR count). The Kier molecular flexibility index (Phi) is 6.62. The van der Waals surface area contributed by atoms with Crippen molar-refractivity contribution in [1.82, 2.24) is 10.4 Å². The standard InChI is InChI=1S/C20H19ClN2O5/c21-20(26)23-12-16(28-22-18(24)15-9-5-2-6-10-15)11-17(23)19(25)27-13-14-7-3-1-4-8-14/h1-10,16-17H,11-13H2,(H,22,24). The zero-order valence-corrected chi connectivity index (χ0v) is 15.7. The molecule has 1 fully saturated rings. The van der Waals surface area contributed by atoms with Crippen LogP contribution in [0.1, 0.15) is 22.3 Å². The third-order valence-corrected chi connectivity index (χ3v) is 4.56. The lowest BCUT2D eigenvalue weighted by Gasteiger charge is -2.19. The number of nitrogens with zero attached hydrogens (tertiary/aromatic N) is 1. The van der Waals surface area contributed by atoms with E-state index in [4.69, 9.17) is 21.2 Å². The molecule has 1 saturated heterocycles. The minimum atomic E-state index is -0.868. The summed E-state index contributed by atoms with van der Waals surface area (Å²) in [6.07, 6.45) is -0.411. The summed E-state index contributed by atoms with van der Waals surface area (Å²) < 4.78 is 5.30. The molecule has 0 bridgehead atoms. The summed E-state index contributed by atoms with van der Waals surface area (Å²) in [6.45, 7) is 0.166. The van der Waals surface area contributed by atoms with Crippen LogP contribution in [0, 0.1) is 0 Å². The molecule has 8 heteroatoms. The van der Waals surface area contributed by atoms with E-state index in [1.54, 1.807) is 30.3 Å². The SMILES string of the molecule is O=C(NOC1CC(C(=O)OCc2ccccc2)N(C(=O)Cl)C1)c1ccccc1. The fourth-order valence-corrected chi connectivity index (χ4v) is 3.10. The summed E-state index contributed by atoms with van der Waals surface area (Å²) in [5.74, 6) is -0.988. The number of ether oxygens (including phenoxy) is 1. The van der Waals surface area contributed by atoms with E-state index >= 15 is 0 Å². The Labute approximate surface area is 167 Å². The van der Waals surface area contributed by atoms with E-state index in [1.807, 2.05) is 30.3 Å². The number of esters is 1. The van der Waals surface area contributed by atoms with Gasteiger partial charge in [-0.3, -0.25) is 14.4 Å². The van der Waals surface area contributed by atoms with Crippen molar-refractivity contribution < 1.29 is 24.0 Å². The maximum atomic E-state index is 12.4. The maximum absolute atomic E-state index is 12.4. The van der Waals surface area contributed by atoms with Crippen molar-refractivity contribution in [3.63, 3.8) is 0 Å². The average molecular weight is 403 g/mol. The molecule has 2 aromatic carbocycles. The second-order valence-corrected chi connectivity index (χ2v) is 6.61. The van der Waals surface area contributed by atoms with Crippen LogP contribution in [-0.2, 0) is 21.0 Å². The van der Waals surface area contributed by atoms with Crippen LogP contribution >= 0.6 is 11.6 Å². The molecule has 146 valence electrons. The summed E-state index contributed by atoms with van der Waals surface area (Å²) in [5.41, 5.74) is 3.61. The van der Waals surface area contributed by atoms with Crippen molar-refractivity contribution in [1.29, 1.82) is 0 Å². The zero-order chi connectivity index (χ0) is 19.9. The van der Waals surface area contributed by atoms with Crippen molar-refractivity contribution >= 4 is 28.8 Å². The monoisotopic (exact) mass is 402 g/mol. The normalized spacial score (nSPS) is 18.5. The molecule has 0 spiro atoms. The Hall–Kier alpha value is -2.90. The lowest BCUT2D eigenvalue weighted by atomic mass is 10.2. The second kappa shape index (κ2) is 9.34. The van der Waals surface area contributed by atoms with Crippen molar-refractivity contribution in [2.24, 2.45) is 0 Å². The number of carbonyl (C=O) groups excluding carboxylic acids is 3. The van der Waals surface area contributed by atoms with Crippen LogP contribution in [-0.4, -0.2) is 40.8 Å². The van der Waals surface area contributed by atoms with Crippen LogP contribution in [0.15, 0.2) is 60.7 Å². The highest BCUT2D eigenvalue weighted by molar-refractivity contribution is 6.63. The Balaban J connectivity index is 1.55. The number of likely N-dealkylation sites (tertiary alicyclic amines) is 1. The number of nitrogens with one attached hydrogen (secondary N) is 1. The quantitative estimate of drug-likeness (QED) is 0.347. The Bertz CT molecular complexity index is 831. The molecule has 1 aliphatic heterocycles. The van der Waals surface area contributed by atoms with Crippen LogP contribution in [0.2, 0.25) is 0 Å². The third-order valence-electron chi connectivity index (χ3n) is 4.34. The largest absolute Gasteiger partial charge is 0.459 e. The first kappa shape index (κ1) is 19.9. The van der Waals surface area contributed by atoms with Gasteiger partial charge in [0.15, 0.2) is 0 Å². The van der Waals surface area contributed by atoms with E-state index in [-0.39, 0.29) is 19.6 Å². The van der Waals surface area contributed by atoms with Gasteiger partial charge in [-0.15, -0.1) is 0 Å². The predicted molar refractivity (Wildman–Crippen MR) is 101 cm³/mol. The predicted octanol–water partition coefficient (Wildman–Crippen LogP) is 2.89. The van der Waals surface area contributed by atoms with E-state index in [2.05, 4.69) is 5.48 Å².